The third kappa shape index (κ3) is 2.65. The van der Waals surface area contributed by atoms with Crippen molar-refractivity contribution >= 4 is 40.2 Å². The van der Waals surface area contributed by atoms with Crippen LogP contribution in [0.2, 0.25) is 5.28 Å². The number of hydrogen-bond acceptors (Lipinski definition) is 5. The van der Waals surface area contributed by atoms with Crippen LogP contribution in [0.3, 0.4) is 0 Å². The molecule has 1 aliphatic heterocycles. The van der Waals surface area contributed by atoms with Crippen LogP contribution in [0.25, 0.3) is 11.0 Å². The van der Waals surface area contributed by atoms with Gasteiger partial charge in [0.2, 0.25) is 5.28 Å². The molecule has 2 aromatic heterocycles. The third-order valence-corrected chi connectivity index (χ3v) is 4.94. The van der Waals surface area contributed by atoms with Gasteiger partial charge < -0.3 is 4.90 Å². The van der Waals surface area contributed by atoms with Gasteiger partial charge in [0.25, 0.3) is 0 Å². The molecular formula is C12H16ClN5S. The summed E-state index contributed by atoms with van der Waals surface area (Å²) in [5, 5.41) is 8.09. The SMILES string of the molecule is CC1(C)CCN(c2nc(Cl)nc3[nH]ncc23)CCS1. The van der Waals surface area contributed by atoms with Crippen LogP contribution in [0.15, 0.2) is 6.20 Å². The van der Waals surface area contributed by atoms with Crippen molar-refractivity contribution in [1.29, 1.82) is 0 Å². The number of anilines is 1. The molecular weight excluding hydrogens is 282 g/mol. The van der Waals surface area contributed by atoms with Crippen LogP contribution >= 0.6 is 23.4 Å². The van der Waals surface area contributed by atoms with Crippen LogP contribution in [0.5, 0.6) is 0 Å². The van der Waals surface area contributed by atoms with E-state index in [0.717, 1.165) is 36.5 Å². The summed E-state index contributed by atoms with van der Waals surface area (Å²) < 4.78 is 0.321. The molecule has 1 saturated heterocycles. The predicted molar refractivity (Wildman–Crippen MR) is 80.1 cm³/mol. The van der Waals surface area contributed by atoms with Crippen LogP contribution in [-0.4, -0.2) is 43.8 Å². The van der Waals surface area contributed by atoms with Crippen molar-refractivity contribution in [3.63, 3.8) is 0 Å². The van der Waals surface area contributed by atoms with Gasteiger partial charge in [-0.15, -0.1) is 0 Å². The Kier molecular flexibility index (Phi) is 3.30. The van der Waals surface area contributed by atoms with E-state index in [0.29, 0.717) is 10.4 Å². The zero-order chi connectivity index (χ0) is 13.5. The topological polar surface area (TPSA) is 57.7 Å². The van der Waals surface area contributed by atoms with E-state index in [-0.39, 0.29) is 5.28 Å². The molecule has 1 fully saturated rings. The van der Waals surface area contributed by atoms with E-state index in [1.807, 2.05) is 11.8 Å². The highest BCUT2D eigenvalue weighted by Gasteiger charge is 2.25. The van der Waals surface area contributed by atoms with Crippen molar-refractivity contribution in [3.05, 3.63) is 11.5 Å². The highest BCUT2D eigenvalue weighted by Crippen LogP contribution is 2.33. The van der Waals surface area contributed by atoms with Gasteiger partial charge in [0.05, 0.1) is 11.6 Å². The smallest absolute Gasteiger partial charge is 0.226 e. The van der Waals surface area contributed by atoms with E-state index in [4.69, 9.17) is 11.6 Å². The normalized spacial score (nSPS) is 19.6. The Morgan fingerprint density at radius 3 is 3.05 bits per heavy atom. The van der Waals surface area contributed by atoms with Gasteiger partial charge in [-0.25, -0.2) is 0 Å². The number of aromatic nitrogens is 4. The molecule has 0 saturated carbocycles. The van der Waals surface area contributed by atoms with E-state index >= 15 is 0 Å². The van der Waals surface area contributed by atoms with Gasteiger partial charge in [0.15, 0.2) is 5.65 Å². The van der Waals surface area contributed by atoms with Crippen molar-refractivity contribution in [1.82, 2.24) is 20.2 Å². The number of rotatable bonds is 1. The molecule has 7 heteroatoms. The molecule has 0 bridgehead atoms. The maximum absolute atomic E-state index is 5.99. The van der Waals surface area contributed by atoms with Gasteiger partial charge in [-0.3, -0.25) is 5.10 Å². The second-order valence-electron chi connectivity index (χ2n) is 5.29. The van der Waals surface area contributed by atoms with Gasteiger partial charge in [-0.05, 0) is 18.0 Å². The Hall–Kier alpha value is -1.01. The van der Waals surface area contributed by atoms with E-state index in [1.165, 1.54) is 0 Å². The zero-order valence-corrected chi connectivity index (χ0v) is 12.6. The summed E-state index contributed by atoms with van der Waals surface area (Å²) in [6.07, 6.45) is 2.89. The average molecular weight is 298 g/mol. The molecule has 0 aliphatic carbocycles. The minimum atomic E-state index is 0.267. The van der Waals surface area contributed by atoms with Gasteiger partial charge in [0.1, 0.15) is 5.82 Å². The summed E-state index contributed by atoms with van der Waals surface area (Å²) >= 11 is 8.00. The summed E-state index contributed by atoms with van der Waals surface area (Å²) in [4.78, 5) is 10.8. The molecule has 0 unspecified atom stereocenters. The number of nitrogens with zero attached hydrogens (tertiary/aromatic N) is 4. The highest BCUT2D eigenvalue weighted by molar-refractivity contribution is 8.00. The Labute approximate surface area is 121 Å². The maximum atomic E-state index is 5.99. The first kappa shape index (κ1) is 13.0. The van der Waals surface area contributed by atoms with Crippen molar-refractivity contribution in [2.45, 2.75) is 25.0 Å². The lowest BCUT2D eigenvalue weighted by Crippen LogP contribution is -2.28. The molecule has 0 atom stereocenters. The van der Waals surface area contributed by atoms with Gasteiger partial charge in [-0.1, -0.05) is 13.8 Å². The Morgan fingerprint density at radius 1 is 1.37 bits per heavy atom. The molecule has 5 nitrogen and oxygen atoms in total. The number of fused-ring (bicyclic) bond motifs is 1. The van der Waals surface area contributed by atoms with Gasteiger partial charge >= 0.3 is 0 Å². The molecule has 102 valence electrons. The summed E-state index contributed by atoms with van der Waals surface area (Å²) in [6.45, 7) is 6.54. The molecule has 3 heterocycles. The number of nitrogens with one attached hydrogen (secondary N) is 1. The minimum Gasteiger partial charge on any atom is -0.355 e. The number of aromatic amines is 1. The fourth-order valence-electron chi connectivity index (χ4n) is 2.27. The molecule has 3 rings (SSSR count). The largest absolute Gasteiger partial charge is 0.355 e. The fraction of sp³-hybridized carbons (Fsp3) is 0.583. The van der Waals surface area contributed by atoms with Crippen LogP contribution in [-0.2, 0) is 0 Å². The van der Waals surface area contributed by atoms with Crippen molar-refractivity contribution < 1.29 is 0 Å². The third-order valence-electron chi connectivity index (χ3n) is 3.40. The molecule has 0 spiro atoms. The predicted octanol–water partition coefficient (Wildman–Crippen LogP) is 2.73. The summed E-state index contributed by atoms with van der Waals surface area (Å²) in [5.41, 5.74) is 0.700. The molecule has 2 aromatic rings. The zero-order valence-electron chi connectivity index (χ0n) is 11.0. The van der Waals surface area contributed by atoms with Gasteiger partial charge in [0, 0.05) is 23.6 Å². The van der Waals surface area contributed by atoms with Crippen LogP contribution in [0.1, 0.15) is 20.3 Å². The van der Waals surface area contributed by atoms with Crippen LogP contribution in [0.4, 0.5) is 5.82 Å². The Balaban J connectivity index is 1.97. The van der Waals surface area contributed by atoms with Crippen molar-refractivity contribution in [3.8, 4) is 0 Å². The van der Waals surface area contributed by atoms with Crippen LogP contribution in [0, 0.1) is 0 Å². The lowest BCUT2D eigenvalue weighted by Gasteiger charge is -2.23. The van der Waals surface area contributed by atoms with Crippen molar-refractivity contribution in [2.24, 2.45) is 0 Å². The van der Waals surface area contributed by atoms with Crippen molar-refractivity contribution in [2.75, 3.05) is 23.7 Å². The standard InChI is InChI=1S/C12H16ClN5S/c1-12(2)3-4-18(5-6-19-12)10-8-7-14-17-9(8)15-11(13)16-10/h7H,3-6H2,1-2H3,(H,14,15,16,17). The first-order valence-corrected chi connectivity index (χ1v) is 7.67. The lowest BCUT2D eigenvalue weighted by molar-refractivity contribution is 0.636. The summed E-state index contributed by atoms with van der Waals surface area (Å²) in [5.74, 6) is 1.98. The highest BCUT2D eigenvalue weighted by atomic mass is 35.5. The van der Waals surface area contributed by atoms with E-state index in [2.05, 4.69) is 38.9 Å². The number of H-pyrrole nitrogens is 1. The average Bonchev–Trinajstić information content (AvgIpc) is 2.72. The number of halogens is 1. The Bertz CT molecular complexity index is 597. The maximum Gasteiger partial charge on any atom is 0.226 e. The summed E-state index contributed by atoms with van der Waals surface area (Å²) in [6, 6.07) is 0. The molecule has 1 N–H and O–H groups in total. The van der Waals surface area contributed by atoms with E-state index < -0.39 is 0 Å². The number of thioether (sulfide) groups is 1. The minimum absolute atomic E-state index is 0.267. The first-order valence-electron chi connectivity index (χ1n) is 6.31. The second-order valence-corrected chi connectivity index (χ2v) is 7.43. The molecule has 19 heavy (non-hydrogen) atoms. The van der Waals surface area contributed by atoms with Gasteiger partial charge in [-0.2, -0.15) is 26.8 Å². The monoisotopic (exact) mass is 297 g/mol. The lowest BCUT2D eigenvalue weighted by atomic mass is 10.1. The summed E-state index contributed by atoms with van der Waals surface area (Å²) in [7, 11) is 0. The van der Waals surface area contributed by atoms with Crippen LogP contribution < -0.4 is 4.90 Å². The fourth-order valence-corrected chi connectivity index (χ4v) is 3.53. The number of hydrogen-bond donors (Lipinski definition) is 1. The first-order chi connectivity index (χ1) is 9.05. The molecule has 0 radical (unpaired) electrons. The molecule has 0 aromatic carbocycles. The molecule has 0 amide bonds. The van der Waals surface area contributed by atoms with E-state index in [9.17, 15) is 0 Å². The second kappa shape index (κ2) is 4.83. The quantitative estimate of drug-likeness (QED) is 0.820. The van der Waals surface area contributed by atoms with E-state index in [1.54, 1.807) is 6.20 Å². The Morgan fingerprint density at radius 2 is 2.21 bits per heavy atom. The molecule has 1 aliphatic rings.